The maximum absolute atomic E-state index is 12.5. The first kappa shape index (κ1) is 35.0. The molecule has 0 aliphatic heterocycles. The summed E-state index contributed by atoms with van der Waals surface area (Å²) in [7, 11) is 0. The molecule has 0 aromatic heterocycles. The minimum absolute atomic E-state index is 0.123. The van der Waals surface area contributed by atoms with Gasteiger partial charge in [-0.25, -0.2) is 9.59 Å². The minimum Gasteiger partial charge on any atom is -0.459 e. The second kappa shape index (κ2) is 19.7. The first-order chi connectivity index (χ1) is 21.4. The Morgan fingerprint density at radius 2 is 0.818 bits per heavy atom. The lowest BCUT2D eigenvalue weighted by Crippen LogP contribution is -2.19. The van der Waals surface area contributed by atoms with Gasteiger partial charge in [-0.2, -0.15) is 0 Å². The third kappa shape index (κ3) is 12.3. The smallest absolute Gasteiger partial charge is 0.338 e. The van der Waals surface area contributed by atoms with Gasteiger partial charge in [-0.05, 0) is 73.2 Å². The Hall–Kier alpha value is -3.48. The summed E-state index contributed by atoms with van der Waals surface area (Å²) >= 11 is 0. The van der Waals surface area contributed by atoms with Crippen molar-refractivity contribution in [2.75, 3.05) is 26.4 Å². The molecule has 0 saturated heterocycles. The predicted octanol–water partition coefficient (Wildman–Crippen LogP) is 9.31. The summed E-state index contributed by atoms with van der Waals surface area (Å²) in [4.78, 5) is 25.0. The Morgan fingerprint density at radius 3 is 1.14 bits per heavy atom. The molecule has 3 aromatic rings. The number of unbranched alkanes of at least 4 members (excludes halogenated alkanes) is 6. The molecule has 6 heteroatoms. The first-order valence-electron chi connectivity index (χ1n) is 16.3. The number of esters is 2. The fraction of sp³-hybridized carbons (Fsp3) is 0.474. The van der Waals surface area contributed by atoms with Gasteiger partial charge < -0.3 is 18.9 Å². The number of carbonyl (C=O) groups is 2. The maximum Gasteiger partial charge on any atom is 0.338 e. The molecule has 6 nitrogen and oxygen atoms in total. The average Bonchev–Trinajstić information content (AvgIpc) is 3.06. The molecule has 0 radical (unpaired) electrons. The van der Waals surface area contributed by atoms with E-state index in [1.807, 2.05) is 62.4 Å². The number of ether oxygens (including phenoxy) is 4. The molecule has 0 bridgehead atoms. The number of hydrogen-bond donors (Lipinski definition) is 0. The van der Waals surface area contributed by atoms with E-state index in [1.165, 1.54) is 38.5 Å². The van der Waals surface area contributed by atoms with Crippen LogP contribution in [0.3, 0.4) is 0 Å². The van der Waals surface area contributed by atoms with Gasteiger partial charge in [-0.3, -0.25) is 0 Å². The van der Waals surface area contributed by atoms with Crippen molar-refractivity contribution in [3.8, 4) is 22.3 Å². The van der Waals surface area contributed by atoms with E-state index < -0.39 is 0 Å². The zero-order chi connectivity index (χ0) is 31.6. The Labute approximate surface area is 264 Å². The fourth-order valence-electron chi connectivity index (χ4n) is 4.73. The molecular weight excluding hydrogens is 552 g/mol. The van der Waals surface area contributed by atoms with Gasteiger partial charge in [0, 0.05) is 13.2 Å². The molecule has 0 fully saturated rings. The topological polar surface area (TPSA) is 71.1 Å². The first-order valence-corrected chi connectivity index (χ1v) is 16.3. The van der Waals surface area contributed by atoms with Crippen molar-refractivity contribution in [2.45, 2.75) is 91.3 Å². The van der Waals surface area contributed by atoms with Crippen LogP contribution in [0.25, 0.3) is 22.3 Å². The molecule has 238 valence electrons. The number of rotatable bonds is 20. The van der Waals surface area contributed by atoms with Gasteiger partial charge in [0.2, 0.25) is 0 Å². The van der Waals surface area contributed by atoms with Crippen molar-refractivity contribution in [3.05, 3.63) is 83.9 Å². The van der Waals surface area contributed by atoms with Crippen LogP contribution >= 0.6 is 0 Å². The summed E-state index contributed by atoms with van der Waals surface area (Å²) in [6, 6.07) is 23.1. The molecule has 2 unspecified atom stereocenters. The summed E-state index contributed by atoms with van der Waals surface area (Å²) in [6.45, 7) is 10.1. The van der Waals surface area contributed by atoms with E-state index in [-0.39, 0.29) is 37.4 Å². The van der Waals surface area contributed by atoms with Crippen molar-refractivity contribution >= 4 is 11.9 Å². The van der Waals surface area contributed by atoms with Crippen LogP contribution in [0.5, 0.6) is 0 Å². The summed E-state index contributed by atoms with van der Waals surface area (Å²) < 4.78 is 22.4. The van der Waals surface area contributed by atoms with Crippen molar-refractivity contribution in [2.24, 2.45) is 0 Å². The molecule has 0 N–H and O–H groups in total. The normalized spacial score (nSPS) is 12.5. The molecule has 3 rings (SSSR count). The highest BCUT2D eigenvalue weighted by Gasteiger charge is 2.12. The Morgan fingerprint density at radius 1 is 0.500 bits per heavy atom. The van der Waals surface area contributed by atoms with Crippen LogP contribution in [-0.2, 0) is 18.9 Å². The van der Waals surface area contributed by atoms with E-state index in [4.69, 9.17) is 18.9 Å². The van der Waals surface area contributed by atoms with E-state index >= 15 is 0 Å². The second-order valence-corrected chi connectivity index (χ2v) is 11.4. The highest BCUT2D eigenvalue weighted by atomic mass is 16.6. The van der Waals surface area contributed by atoms with Crippen LogP contribution in [-0.4, -0.2) is 50.6 Å². The van der Waals surface area contributed by atoms with Crippen LogP contribution in [0.15, 0.2) is 72.8 Å². The van der Waals surface area contributed by atoms with E-state index in [2.05, 4.69) is 13.8 Å². The Balaban J connectivity index is 1.45. The van der Waals surface area contributed by atoms with Gasteiger partial charge in [0.15, 0.2) is 0 Å². The van der Waals surface area contributed by atoms with Crippen LogP contribution < -0.4 is 0 Å². The van der Waals surface area contributed by atoms with Gasteiger partial charge in [0.05, 0.1) is 23.3 Å². The quantitative estimate of drug-likeness (QED) is 0.0948. The van der Waals surface area contributed by atoms with E-state index in [0.29, 0.717) is 24.3 Å². The monoisotopic (exact) mass is 602 g/mol. The van der Waals surface area contributed by atoms with Gasteiger partial charge in [0.25, 0.3) is 0 Å². The average molecular weight is 603 g/mol. The third-order valence-corrected chi connectivity index (χ3v) is 7.49. The molecule has 0 amide bonds. The van der Waals surface area contributed by atoms with Crippen LogP contribution in [0.2, 0.25) is 0 Å². The van der Waals surface area contributed by atoms with Crippen molar-refractivity contribution < 1.29 is 28.5 Å². The van der Waals surface area contributed by atoms with E-state index in [0.717, 1.165) is 35.1 Å². The standard InChI is InChI=1S/C38H50O6/c1-5-7-9-11-25-41-29(3)27-43-37(39)35-21-17-33(18-22-35)31-13-15-32(16-14-31)34-19-23-36(24-20-34)38(40)44-28-30(4)42-26-12-10-8-6-2/h13-24,29-30H,5-12,25-28H2,1-4H3. The van der Waals surface area contributed by atoms with Crippen molar-refractivity contribution in [1.82, 2.24) is 0 Å². The lowest BCUT2D eigenvalue weighted by molar-refractivity contribution is -0.00150. The third-order valence-electron chi connectivity index (χ3n) is 7.49. The highest BCUT2D eigenvalue weighted by molar-refractivity contribution is 5.91. The predicted molar refractivity (Wildman–Crippen MR) is 177 cm³/mol. The number of hydrogen-bond acceptors (Lipinski definition) is 6. The van der Waals surface area contributed by atoms with Crippen molar-refractivity contribution in [3.63, 3.8) is 0 Å². The van der Waals surface area contributed by atoms with E-state index in [1.54, 1.807) is 24.3 Å². The van der Waals surface area contributed by atoms with Crippen LogP contribution in [0, 0.1) is 0 Å². The molecule has 0 spiro atoms. The summed E-state index contributed by atoms with van der Waals surface area (Å²) in [5.41, 5.74) is 5.14. The lowest BCUT2D eigenvalue weighted by Gasteiger charge is -2.14. The Kier molecular flexibility index (Phi) is 15.7. The molecule has 0 heterocycles. The van der Waals surface area contributed by atoms with Gasteiger partial charge >= 0.3 is 11.9 Å². The zero-order valence-electron chi connectivity index (χ0n) is 27.0. The summed E-state index contributed by atoms with van der Waals surface area (Å²) in [5, 5.41) is 0. The van der Waals surface area contributed by atoms with Crippen LogP contribution in [0.4, 0.5) is 0 Å². The second-order valence-electron chi connectivity index (χ2n) is 11.4. The molecule has 0 aliphatic carbocycles. The van der Waals surface area contributed by atoms with Gasteiger partial charge in [-0.1, -0.05) is 101 Å². The van der Waals surface area contributed by atoms with Gasteiger partial charge in [0.1, 0.15) is 13.2 Å². The largest absolute Gasteiger partial charge is 0.459 e. The van der Waals surface area contributed by atoms with Crippen molar-refractivity contribution in [1.29, 1.82) is 0 Å². The Bertz CT molecular complexity index is 1140. The maximum atomic E-state index is 12.5. The minimum atomic E-state index is -0.346. The molecule has 3 aromatic carbocycles. The number of benzene rings is 3. The van der Waals surface area contributed by atoms with Gasteiger partial charge in [-0.15, -0.1) is 0 Å². The molecule has 0 aliphatic rings. The molecule has 44 heavy (non-hydrogen) atoms. The zero-order valence-corrected chi connectivity index (χ0v) is 27.0. The SMILES string of the molecule is CCCCCCOC(C)COC(=O)c1ccc(-c2ccc(-c3ccc(C(=O)OCC(C)OCCCCCC)cc3)cc2)cc1. The van der Waals surface area contributed by atoms with E-state index in [9.17, 15) is 9.59 Å². The summed E-state index contributed by atoms with van der Waals surface area (Å²) in [6.07, 6.45) is 8.98. The lowest BCUT2D eigenvalue weighted by atomic mass is 9.99. The van der Waals surface area contributed by atoms with Crippen LogP contribution in [0.1, 0.15) is 99.8 Å². The number of carbonyl (C=O) groups excluding carboxylic acids is 2. The molecular formula is C38H50O6. The molecule has 0 saturated carbocycles. The molecule has 2 atom stereocenters. The fourth-order valence-corrected chi connectivity index (χ4v) is 4.73. The highest BCUT2D eigenvalue weighted by Crippen LogP contribution is 2.26. The summed E-state index contributed by atoms with van der Waals surface area (Å²) in [5.74, 6) is -0.692.